The molecule has 0 unspecified atom stereocenters. The lowest BCUT2D eigenvalue weighted by molar-refractivity contribution is -0.116. The molecular weight excluding hydrogens is 232 g/mol. The van der Waals surface area contributed by atoms with Gasteiger partial charge < -0.3 is 5.32 Å². The first-order valence-corrected chi connectivity index (χ1v) is 4.93. The van der Waals surface area contributed by atoms with Gasteiger partial charge in [-0.1, -0.05) is 22.9 Å². The second kappa shape index (κ2) is 4.97. The van der Waals surface area contributed by atoms with E-state index in [-0.39, 0.29) is 5.91 Å². The Morgan fingerprint density at radius 1 is 1.69 bits per heavy atom. The van der Waals surface area contributed by atoms with Crippen molar-refractivity contribution in [2.75, 3.05) is 5.32 Å². The van der Waals surface area contributed by atoms with Gasteiger partial charge >= 0.3 is 0 Å². The van der Waals surface area contributed by atoms with Crippen LogP contribution in [0, 0.1) is 0 Å². The monoisotopic (exact) mass is 242 g/mol. The average molecular weight is 243 g/mol. The Labute approximate surface area is 85.7 Å². The first kappa shape index (κ1) is 10.2. The highest BCUT2D eigenvalue weighted by Crippen LogP contribution is 2.12. The fourth-order valence-corrected chi connectivity index (χ4v) is 1.24. The van der Waals surface area contributed by atoms with Gasteiger partial charge in [-0.3, -0.25) is 4.79 Å². The maximum absolute atomic E-state index is 11.2. The highest BCUT2D eigenvalue weighted by atomic mass is 79.9. The number of aromatic nitrogens is 1. The Morgan fingerprint density at radius 3 is 3.08 bits per heavy atom. The quantitative estimate of drug-likeness (QED) is 0.886. The van der Waals surface area contributed by atoms with Crippen molar-refractivity contribution in [2.24, 2.45) is 0 Å². The predicted molar refractivity (Wildman–Crippen MR) is 55.5 cm³/mol. The van der Waals surface area contributed by atoms with Crippen LogP contribution in [0.3, 0.4) is 0 Å². The first-order valence-electron chi connectivity index (χ1n) is 4.13. The number of nitrogens with zero attached hydrogens (tertiary/aromatic N) is 1. The van der Waals surface area contributed by atoms with Crippen molar-refractivity contribution in [1.29, 1.82) is 0 Å². The lowest BCUT2D eigenvalue weighted by Gasteiger charge is -2.02. The predicted octanol–water partition coefficient (Wildman–Crippen LogP) is 2.58. The average Bonchev–Trinajstić information content (AvgIpc) is 2.04. The van der Waals surface area contributed by atoms with Gasteiger partial charge in [0, 0.05) is 17.1 Å². The largest absolute Gasteiger partial charge is 0.311 e. The number of hydrogen-bond donors (Lipinski definition) is 1. The SMILES string of the molecule is CCCC(=O)Nc1cc(Br)ccn1. The fraction of sp³-hybridized carbons (Fsp3) is 0.333. The molecule has 1 aromatic rings. The van der Waals surface area contributed by atoms with Gasteiger partial charge in [0.25, 0.3) is 0 Å². The molecule has 0 spiro atoms. The van der Waals surface area contributed by atoms with Gasteiger partial charge in [-0.2, -0.15) is 0 Å². The summed E-state index contributed by atoms with van der Waals surface area (Å²) in [6, 6.07) is 3.59. The van der Waals surface area contributed by atoms with Crippen molar-refractivity contribution < 1.29 is 4.79 Å². The van der Waals surface area contributed by atoms with Crippen molar-refractivity contribution in [1.82, 2.24) is 4.98 Å². The lowest BCUT2D eigenvalue weighted by atomic mass is 10.3. The van der Waals surface area contributed by atoms with E-state index in [2.05, 4.69) is 26.2 Å². The number of anilines is 1. The molecule has 1 rings (SSSR count). The minimum absolute atomic E-state index is 0.00750. The van der Waals surface area contributed by atoms with Crippen LogP contribution in [0.15, 0.2) is 22.8 Å². The molecule has 1 heterocycles. The molecule has 0 bridgehead atoms. The van der Waals surface area contributed by atoms with Crippen LogP contribution in [-0.4, -0.2) is 10.9 Å². The Morgan fingerprint density at radius 2 is 2.46 bits per heavy atom. The number of pyridine rings is 1. The number of carbonyl (C=O) groups is 1. The maximum Gasteiger partial charge on any atom is 0.225 e. The molecule has 4 heteroatoms. The van der Waals surface area contributed by atoms with Gasteiger partial charge in [-0.25, -0.2) is 4.98 Å². The highest BCUT2D eigenvalue weighted by molar-refractivity contribution is 9.10. The fourth-order valence-electron chi connectivity index (χ4n) is 0.906. The van der Waals surface area contributed by atoms with Gasteiger partial charge in [-0.05, 0) is 18.6 Å². The summed E-state index contributed by atoms with van der Waals surface area (Å²) in [6.45, 7) is 1.97. The molecular formula is C9H11BrN2O. The Balaban J connectivity index is 2.58. The van der Waals surface area contributed by atoms with E-state index in [0.717, 1.165) is 10.9 Å². The smallest absolute Gasteiger partial charge is 0.225 e. The van der Waals surface area contributed by atoms with Crippen LogP contribution >= 0.6 is 15.9 Å². The highest BCUT2D eigenvalue weighted by Gasteiger charge is 2.00. The van der Waals surface area contributed by atoms with Gasteiger partial charge in [0.1, 0.15) is 5.82 Å². The maximum atomic E-state index is 11.2. The van der Waals surface area contributed by atoms with E-state index in [1.807, 2.05) is 13.0 Å². The molecule has 0 fully saturated rings. The van der Waals surface area contributed by atoms with Crippen LogP contribution in [0.4, 0.5) is 5.82 Å². The summed E-state index contributed by atoms with van der Waals surface area (Å²) < 4.78 is 0.911. The van der Waals surface area contributed by atoms with E-state index in [9.17, 15) is 4.79 Å². The second-order valence-electron chi connectivity index (χ2n) is 2.66. The molecule has 1 amide bonds. The van der Waals surface area contributed by atoms with E-state index in [4.69, 9.17) is 0 Å². The molecule has 1 N–H and O–H groups in total. The first-order chi connectivity index (χ1) is 6.22. The minimum Gasteiger partial charge on any atom is -0.311 e. The summed E-state index contributed by atoms with van der Waals surface area (Å²) >= 11 is 3.30. The lowest BCUT2D eigenvalue weighted by Crippen LogP contribution is -2.11. The second-order valence-corrected chi connectivity index (χ2v) is 3.57. The van der Waals surface area contributed by atoms with Crippen LogP contribution in [-0.2, 0) is 4.79 Å². The molecule has 0 radical (unpaired) electrons. The van der Waals surface area contributed by atoms with Crippen LogP contribution in [0.1, 0.15) is 19.8 Å². The summed E-state index contributed by atoms with van der Waals surface area (Å²) in [5, 5.41) is 2.70. The summed E-state index contributed by atoms with van der Waals surface area (Å²) in [5.74, 6) is 0.598. The minimum atomic E-state index is 0.00750. The third-order valence-electron chi connectivity index (χ3n) is 1.47. The molecule has 13 heavy (non-hydrogen) atoms. The number of rotatable bonds is 3. The summed E-state index contributed by atoms with van der Waals surface area (Å²) in [5.41, 5.74) is 0. The molecule has 0 atom stereocenters. The standard InChI is InChI=1S/C9H11BrN2O/c1-2-3-9(13)12-8-6-7(10)4-5-11-8/h4-6H,2-3H2,1H3,(H,11,12,13). The third-order valence-corrected chi connectivity index (χ3v) is 1.96. The topological polar surface area (TPSA) is 42.0 Å². The van der Waals surface area contributed by atoms with E-state index in [1.54, 1.807) is 12.3 Å². The van der Waals surface area contributed by atoms with Crippen LogP contribution in [0.5, 0.6) is 0 Å². The Bertz CT molecular complexity index is 301. The molecule has 0 saturated heterocycles. The molecule has 0 aromatic carbocycles. The van der Waals surface area contributed by atoms with Crippen LogP contribution in [0.25, 0.3) is 0 Å². The van der Waals surface area contributed by atoms with Crippen molar-refractivity contribution in [2.45, 2.75) is 19.8 Å². The zero-order chi connectivity index (χ0) is 9.68. The molecule has 0 aliphatic carbocycles. The number of hydrogen-bond acceptors (Lipinski definition) is 2. The van der Waals surface area contributed by atoms with Crippen LogP contribution in [0.2, 0.25) is 0 Å². The molecule has 1 aromatic heterocycles. The number of carbonyl (C=O) groups excluding carboxylic acids is 1. The van der Waals surface area contributed by atoms with Crippen molar-refractivity contribution in [3.8, 4) is 0 Å². The van der Waals surface area contributed by atoms with Crippen LogP contribution < -0.4 is 5.32 Å². The van der Waals surface area contributed by atoms with Gasteiger partial charge in [0.05, 0.1) is 0 Å². The van der Waals surface area contributed by atoms with Crippen molar-refractivity contribution in [3.63, 3.8) is 0 Å². The zero-order valence-electron chi connectivity index (χ0n) is 7.38. The number of halogens is 1. The molecule has 0 saturated carbocycles. The van der Waals surface area contributed by atoms with E-state index in [0.29, 0.717) is 12.2 Å². The zero-order valence-corrected chi connectivity index (χ0v) is 8.97. The van der Waals surface area contributed by atoms with Gasteiger partial charge in [0.2, 0.25) is 5.91 Å². The van der Waals surface area contributed by atoms with E-state index in [1.165, 1.54) is 0 Å². The molecule has 0 aliphatic heterocycles. The molecule has 70 valence electrons. The Kier molecular flexibility index (Phi) is 3.89. The van der Waals surface area contributed by atoms with Gasteiger partial charge in [0.15, 0.2) is 0 Å². The number of amides is 1. The molecule has 0 aliphatic rings. The van der Waals surface area contributed by atoms with Crippen molar-refractivity contribution in [3.05, 3.63) is 22.8 Å². The third kappa shape index (κ3) is 3.55. The number of nitrogens with one attached hydrogen (secondary N) is 1. The van der Waals surface area contributed by atoms with Crippen molar-refractivity contribution >= 4 is 27.7 Å². The summed E-state index contributed by atoms with van der Waals surface area (Å²) in [4.78, 5) is 15.2. The summed E-state index contributed by atoms with van der Waals surface area (Å²) in [6.07, 6.45) is 3.03. The van der Waals surface area contributed by atoms with E-state index < -0.39 is 0 Å². The Hall–Kier alpha value is -0.900. The van der Waals surface area contributed by atoms with E-state index >= 15 is 0 Å². The summed E-state index contributed by atoms with van der Waals surface area (Å²) in [7, 11) is 0. The van der Waals surface area contributed by atoms with Gasteiger partial charge in [-0.15, -0.1) is 0 Å². The normalized spacial score (nSPS) is 9.69. The molecule has 3 nitrogen and oxygen atoms in total.